The van der Waals surface area contributed by atoms with Crippen molar-refractivity contribution in [3.8, 4) is 11.4 Å². The van der Waals surface area contributed by atoms with Crippen molar-refractivity contribution in [2.75, 3.05) is 0 Å². The zero-order valence-corrected chi connectivity index (χ0v) is 11.1. The molecule has 0 aliphatic rings. The van der Waals surface area contributed by atoms with Gasteiger partial charge in [-0.25, -0.2) is 9.50 Å². The summed E-state index contributed by atoms with van der Waals surface area (Å²) in [5, 5.41) is 5.65. The van der Waals surface area contributed by atoms with Crippen LogP contribution in [0, 0.1) is 6.92 Å². The summed E-state index contributed by atoms with van der Waals surface area (Å²) in [6.45, 7) is 1.98. The highest BCUT2D eigenvalue weighted by Gasteiger charge is 2.11. The summed E-state index contributed by atoms with van der Waals surface area (Å²) in [7, 11) is 0. The molecule has 0 atom stereocenters. The SMILES string of the molecule is Cc1cccc2nc(-c3cc(Cl)ccc3Cl)nn12. The van der Waals surface area contributed by atoms with Gasteiger partial charge in [-0.2, -0.15) is 0 Å². The molecule has 0 saturated heterocycles. The van der Waals surface area contributed by atoms with Crippen LogP contribution in [0.1, 0.15) is 5.69 Å². The third-order valence-corrected chi connectivity index (χ3v) is 3.28. The van der Waals surface area contributed by atoms with E-state index in [1.54, 1.807) is 22.7 Å². The molecule has 5 heteroatoms. The van der Waals surface area contributed by atoms with Gasteiger partial charge in [-0.15, -0.1) is 5.10 Å². The summed E-state index contributed by atoms with van der Waals surface area (Å²) in [6.07, 6.45) is 0. The van der Waals surface area contributed by atoms with Crippen LogP contribution in [-0.4, -0.2) is 14.6 Å². The van der Waals surface area contributed by atoms with Crippen LogP contribution in [0.2, 0.25) is 10.0 Å². The second-order valence-corrected chi connectivity index (χ2v) is 4.84. The number of hydrogen-bond donors (Lipinski definition) is 0. The number of fused-ring (bicyclic) bond motifs is 1. The highest BCUT2D eigenvalue weighted by molar-refractivity contribution is 6.35. The van der Waals surface area contributed by atoms with Gasteiger partial charge >= 0.3 is 0 Å². The van der Waals surface area contributed by atoms with Crippen molar-refractivity contribution in [2.24, 2.45) is 0 Å². The molecule has 0 radical (unpaired) electrons. The van der Waals surface area contributed by atoms with Gasteiger partial charge < -0.3 is 0 Å². The normalized spacial score (nSPS) is 11.1. The molecule has 90 valence electrons. The van der Waals surface area contributed by atoms with E-state index in [0.29, 0.717) is 15.9 Å². The third kappa shape index (κ3) is 1.85. The number of aryl methyl sites for hydroxylation is 1. The fourth-order valence-electron chi connectivity index (χ4n) is 1.82. The van der Waals surface area contributed by atoms with Gasteiger partial charge in [-0.3, -0.25) is 0 Å². The van der Waals surface area contributed by atoms with Crippen molar-refractivity contribution in [1.82, 2.24) is 14.6 Å². The van der Waals surface area contributed by atoms with Crippen LogP contribution < -0.4 is 0 Å². The molecule has 0 aliphatic heterocycles. The zero-order valence-electron chi connectivity index (χ0n) is 9.56. The quantitative estimate of drug-likeness (QED) is 0.673. The topological polar surface area (TPSA) is 30.2 Å². The second-order valence-electron chi connectivity index (χ2n) is 4.00. The molecule has 0 aliphatic carbocycles. The fraction of sp³-hybridized carbons (Fsp3) is 0.0769. The minimum absolute atomic E-state index is 0.580. The molecule has 3 aromatic rings. The lowest BCUT2D eigenvalue weighted by Crippen LogP contribution is -1.92. The number of pyridine rings is 1. The van der Waals surface area contributed by atoms with Gasteiger partial charge in [0, 0.05) is 16.3 Å². The fourth-order valence-corrected chi connectivity index (χ4v) is 2.19. The lowest BCUT2D eigenvalue weighted by molar-refractivity contribution is 0.918. The highest BCUT2D eigenvalue weighted by Crippen LogP contribution is 2.28. The Morgan fingerprint density at radius 1 is 1.11 bits per heavy atom. The standard InChI is InChI=1S/C13H9Cl2N3/c1-8-3-2-4-12-16-13(17-18(8)12)10-7-9(14)5-6-11(10)15/h2-7H,1H3. The van der Waals surface area contributed by atoms with Gasteiger partial charge in [0.25, 0.3) is 0 Å². The monoisotopic (exact) mass is 277 g/mol. The Morgan fingerprint density at radius 2 is 1.94 bits per heavy atom. The lowest BCUT2D eigenvalue weighted by Gasteiger charge is -1.99. The van der Waals surface area contributed by atoms with Crippen LogP contribution in [0.25, 0.3) is 17.0 Å². The molecule has 0 saturated carbocycles. The van der Waals surface area contributed by atoms with Crippen molar-refractivity contribution in [3.05, 3.63) is 52.1 Å². The van der Waals surface area contributed by atoms with Crippen molar-refractivity contribution in [3.63, 3.8) is 0 Å². The minimum atomic E-state index is 0.580. The highest BCUT2D eigenvalue weighted by atomic mass is 35.5. The Labute approximate surface area is 114 Å². The Balaban J connectivity index is 2.26. The molecular formula is C13H9Cl2N3. The van der Waals surface area contributed by atoms with E-state index in [-0.39, 0.29) is 0 Å². The molecule has 2 heterocycles. The van der Waals surface area contributed by atoms with E-state index in [1.165, 1.54) is 0 Å². The van der Waals surface area contributed by atoms with E-state index >= 15 is 0 Å². The summed E-state index contributed by atoms with van der Waals surface area (Å²) in [4.78, 5) is 4.45. The number of hydrogen-bond acceptors (Lipinski definition) is 2. The predicted molar refractivity (Wildman–Crippen MR) is 73.2 cm³/mol. The first-order chi connectivity index (χ1) is 8.65. The molecular weight excluding hydrogens is 269 g/mol. The molecule has 3 rings (SSSR count). The summed E-state index contributed by atoms with van der Waals surface area (Å²) < 4.78 is 1.78. The molecule has 1 aromatic carbocycles. The van der Waals surface area contributed by atoms with E-state index in [2.05, 4.69) is 10.1 Å². The maximum Gasteiger partial charge on any atom is 0.183 e. The van der Waals surface area contributed by atoms with Crippen molar-refractivity contribution < 1.29 is 0 Å². The summed E-state index contributed by atoms with van der Waals surface area (Å²) in [5.74, 6) is 0.580. The van der Waals surface area contributed by atoms with Gasteiger partial charge in [0.15, 0.2) is 11.5 Å². The number of rotatable bonds is 1. The average Bonchev–Trinajstić information content (AvgIpc) is 2.77. The number of halogens is 2. The molecule has 0 bridgehead atoms. The molecule has 0 spiro atoms. The Hall–Kier alpha value is -1.58. The van der Waals surface area contributed by atoms with E-state index in [9.17, 15) is 0 Å². The van der Waals surface area contributed by atoms with Gasteiger partial charge in [0.1, 0.15) is 0 Å². The van der Waals surface area contributed by atoms with Gasteiger partial charge in [0.2, 0.25) is 0 Å². The Bertz CT molecular complexity index is 734. The molecule has 2 aromatic heterocycles. The minimum Gasteiger partial charge on any atom is -0.218 e. The van der Waals surface area contributed by atoms with E-state index in [1.807, 2.05) is 25.1 Å². The first kappa shape index (κ1) is 11.5. The van der Waals surface area contributed by atoms with Crippen LogP contribution in [0.4, 0.5) is 0 Å². The predicted octanol–water partition coefficient (Wildman–Crippen LogP) is 4.01. The summed E-state index contributed by atoms with van der Waals surface area (Å²) in [5.41, 5.74) is 2.55. The van der Waals surface area contributed by atoms with Crippen LogP contribution in [-0.2, 0) is 0 Å². The Kier molecular flexibility index (Phi) is 2.73. The molecule has 0 N–H and O–H groups in total. The largest absolute Gasteiger partial charge is 0.218 e. The number of aromatic nitrogens is 3. The van der Waals surface area contributed by atoms with Crippen LogP contribution in [0.15, 0.2) is 36.4 Å². The van der Waals surface area contributed by atoms with Gasteiger partial charge in [-0.05, 0) is 37.3 Å². The first-order valence-corrected chi connectivity index (χ1v) is 6.18. The molecule has 18 heavy (non-hydrogen) atoms. The van der Waals surface area contributed by atoms with Crippen LogP contribution in [0.3, 0.4) is 0 Å². The first-order valence-electron chi connectivity index (χ1n) is 5.43. The van der Waals surface area contributed by atoms with Crippen molar-refractivity contribution in [1.29, 1.82) is 0 Å². The van der Waals surface area contributed by atoms with E-state index in [4.69, 9.17) is 23.2 Å². The number of benzene rings is 1. The molecule has 0 unspecified atom stereocenters. The lowest BCUT2D eigenvalue weighted by atomic mass is 10.2. The average molecular weight is 278 g/mol. The third-order valence-electron chi connectivity index (χ3n) is 2.72. The second kappa shape index (κ2) is 4.26. The number of nitrogens with zero attached hydrogens (tertiary/aromatic N) is 3. The summed E-state index contributed by atoms with van der Waals surface area (Å²) >= 11 is 12.1. The van der Waals surface area contributed by atoms with E-state index in [0.717, 1.165) is 16.9 Å². The van der Waals surface area contributed by atoms with Gasteiger partial charge in [-0.1, -0.05) is 29.3 Å². The maximum absolute atomic E-state index is 6.15. The van der Waals surface area contributed by atoms with E-state index < -0.39 is 0 Å². The van der Waals surface area contributed by atoms with Gasteiger partial charge in [0.05, 0.1) is 5.02 Å². The summed E-state index contributed by atoms with van der Waals surface area (Å²) in [6, 6.07) is 11.1. The maximum atomic E-state index is 6.15. The van der Waals surface area contributed by atoms with Crippen molar-refractivity contribution >= 4 is 28.8 Å². The molecule has 3 nitrogen and oxygen atoms in total. The Morgan fingerprint density at radius 3 is 2.72 bits per heavy atom. The van der Waals surface area contributed by atoms with Crippen molar-refractivity contribution in [2.45, 2.75) is 6.92 Å². The molecule has 0 amide bonds. The molecule has 0 fully saturated rings. The van der Waals surface area contributed by atoms with Crippen LogP contribution in [0.5, 0.6) is 0 Å². The zero-order chi connectivity index (χ0) is 12.7. The van der Waals surface area contributed by atoms with Crippen LogP contribution >= 0.6 is 23.2 Å². The smallest absolute Gasteiger partial charge is 0.183 e.